The molecule has 0 amide bonds. The molecule has 1 unspecified atom stereocenters. The number of benzene rings is 3. The lowest BCUT2D eigenvalue weighted by Gasteiger charge is -2.35. The van der Waals surface area contributed by atoms with E-state index in [1.165, 1.54) is 28.1 Å². The van der Waals surface area contributed by atoms with Crippen LogP contribution in [0.2, 0.25) is 0 Å². The molecule has 0 bridgehead atoms. The number of para-hydroxylation sites is 2. The quantitative estimate of drug-likeness (QED) is 0.279. The Morgan fingerprint density at radius 2 is 1.61 bits per heavy atom. The number of aliphatic imine (C=N–C) groups is 1. The molecule has 6 rings (SSSR count). The average Bonchev–Trinajstić information content (AvgIpc) is 3.35. The number of nitrogens with zero attached hydrogens (tertiary/aromatic N) is 4. The Morgan fingerprint density at radius 1 is 0.895 bits per heavy atom. The standard InChI is InChI=1S/C31H32N5PS/c1-20-13-12-17-25(21(20)2)34-37(38)27(29-31(4,5)24-16-10-11-18-26(24)35(29)6)19-32-30-28(37)22(3)33-36(30)23-14-8-7-9-15-23/h7-19H,1-6H3,(H,34,38)/b29-27-. The van der Waals surface area contributed by atoms with Crippen LogP contribution in [0.3, 0.4) is 0 Å². The van der Waals surface area contributed by atoms with Gasteiger partial charge in [0, 0.05) is 41.1 Å². The zero-order valence-electron chi connectivity index (χ0n) is 22.6. The molecule has 0 saturated heterocycles. The minimum Gasteiger partial charge on any atom is -0.350 e. The predicted molar refractivity (Wildman–Crippen MR) is 165 cm³/mol. The zero-order valence-corrected chi connectivity index (χ0v) is 24.4. The first-order valence-corrected chi connectivity index (χ1v) is 15.7. The Hall–Kier alpha value is -3.47. The molecule has 3 aromatic carbocycles. The molecule has 38 heavy (non-hydrogen) atoms. The van der Waals surface area contributed by atoms with Crippen molar-refractivity contribution in [1.29, 1.82) is 0 Å². The van der Waals surface area contributed by atoms with Gasteiger partial charge in [-0.05, 0) is 61.7 Å². The van der Waals surface area contributed by atoms with Crippen molar-refractivity contribution in [3.8, 4) is 5.69 Å². The summed E-state index contributed by atoms with van der Waals surface area (Å²) < 4.78 is 1.94. The van der Waals surface area contributed by atoms with Gasteiger partial charge in [-0.25, -0.2) is 9.67 Å². The maximum absolute atomic E-state index is 6.84. The first-order valence-electron chi connectivity index (χ1n) is 12.9. The highest BCUT2D eigenvalue weighted by Crippen LogP contribution is 2.62. The Labute approximate surface area is 230 Å². The maximum Gasteiger partial charge on any atom is 0.166 e. The van der Waals surface area contributed by atoms with Crippen LogP contribution in [0.1, 0.15) is 36.2 Å². The fraction of sp³-hybridized carbons (Fsp3) is 0.226. The number of anilines is 2. The van der Waals surface area contributed by atoms with Gasteiger partial charge in [-0.15, -0.1) is 0 Å². The van der Waals surface area contributed by atoms with Crippen LogP contribution in [-0.2, 0) is 17.2 Å². The Bertz CT molecular complexity index is 1700. The van der Waals surface area contributed by atoms with Crippen molar-refractivity contribution in [3.05, 3.63) is 106 Å². The van der Waals surface area contributed by atoms with E-state index in [1.807, 2.05) is 29.1 Å². The van der Waals surface area contributed by atoms with Crippen molar-refractivity contribution in [2.24, 2.45) is 4.99 Å². The Morgan fingerprint density at radius 3 is 2.34 bits per heavy atom. The van der Waals surface area contributed by atoms with Crippen LogP contribution in [-0.4, -0.2) is 23.0 Å². The van der Waals surface area contributed by atoms with E-state index in [2.05, 4.69) is 106 Å². The van der Waals surface area contributed by atoms with Crippen LogP contribution in [0, 0.1) is 20.8 Å². The molecule has 1 N–H and O–H groups in total. The molecule has 0 radical (unpaired) electrons. The van der Waals surface area contributed by atoms with Gasteiger partial charge in [0.15, 0.2) is 5.82 Å². The fourth-order valence-corrected chi connectivity index (χ4v) is 10.2. The van der Waals surface area contributed by atoms with E-state index in [1.54, 1.807) is 0 Å². The summed E-state index contributed by atoms with van der Waals surface area (Å²) in [7, 11) is 2.15. The van der Waals surface area contributed by atoms with Gasteiger partial charge < -0.3 is 9.99 Å². The summed E-state index contributed by atoms with van der Waals surface area (Å²) in [5, 5.41) is 11.0. The van der Waals surface area contributed by atoms with E-state index in [0.717, 1.165) is 33.5 Å². The van der Waals surface area contributed by atoms with Gasteiger partial charge in [0.25, 0.3) is 0 Å². The number of rotatable bonds is 3. The second kappa shape index (κ2) is 8.79. The van der Waals surface area contributed by atoms with Crippen molar-refractivity contribution in [3.63, 3.8) is 0 Å². The number of aromatic nitrogens is 2. The van der Waals surface area contributed by atoms with Crippen molar-refractivity contribution in [2.75, 3.05) is 17.0 Å². The Kier molecular flexibility index (Phi) is 5.75. The molecule has 192 valence electrons. The highest BCUT2D eigenvalue weighted by atomic mass is 32.4. The van der Waals surface area contributed by atoms with Gasteiger partial charge in [-0.3, -0.25) is 0 Å². The SMILES string of the molecule is Cc1cccc(NP2(=S)/C(=C3\N(C)c4ccccc4C3(C)C)C=Nc3c2c(C)nn3-c2ccccc2)c1C. The first-order chi connectivity index (χ1) is 18.1. The second-order valence-corrected chi connectivity index (χ2v) is 14.7. The number of hydrogen-bond acceptors (Lipinski definition) is 4. The van der Waals surface area contributed by atoms with Crippen molar-refractivity contribution < 1.29 is 0 Å². The number of nitrogens with one attached hydrogen (secondary N) is 1. The van der Waals surface area contributed by atoms with Gasteiger partial charge >= 0.3 is 0 Å². The predicted octanol–water partition coefficient (Wildman–Crippen LogP) is 7.28. The van der Waals surface area contributed by atoms with Crippen LogP contribution >= 0.6 is 6.19 Å². The monoisotopic (exact) mass is 537 g/mol. The summed E-state index contributed by atoms with van der Waals surface area (Å²) in [5.41, 5.74) is 8.87. The van der Waals surface area contributed by atoms with Crippen molar-refractivity contribution >= 4 is 46.7 Å². The molecule has 7 heteroatoms. The minimum atomic E-state index is -2.63. The molecule has 2 aliphatic heterocycles. The van der Waals surface area contributed by atoms with E-state index in [0.29, 0.717) is 0 Å². The highest BCUT2D eigenvalue weighted by Gasteiger charge is 2.45. The van der Waals surface area contributed by atoms with Crippen molar-refractivity contribution in [1.82, 2.24) is 9.78 Å². The van der Waals surface area contributed by atoms with Gasteiger partial charge in [0.2, 0.25) is 0 Å². The molecule has 0 aliphatic carbocycles. The molecule has 1 atom stereocenters. The third kappa shape index (κ3) is 3.54. The molecule has 0 saturated carbocycles. The van der Waals surface area contributed by atoms with Crippen LogP contribution in [0.5, 0.6) is 0 Å². The summed E-state index contributed by atoms with van der Waals surface area (Å²) >= 11 is 6.84. The average molecular weight is 538 g/mol. The van der Waals surface area contributed by atoms with Crippen LogP contribution in [0.4, 0.5) is 17.2 Å². The summed E-state index contributed by atoms with van der Waals surface area (Å²) in [6.45, 7) is 10.9. The van der Waals surface area contributed by atoms with E-state index in [9.17, 15) is 0 Å². The first kappa shape index (κ1) is 24.8. The smallest absolute Gasteiger partial charge is 0.166 e. The third-order valence-electron chi connectivity index (χ3n) is 7.96. The minimum absolute atomic E-state index is 0.235. The molecule has 2 aliphatic rings. The van der Waals surface area contributed by atoms with E-state index < -0.39 is 6.19 Å². The lowest BCUT2D eigenvalue weighted by molar-refractivity contribution is 0.639. The number of hydrogen-bond donors (Lipinski definition) is 1. The number of fused-ring (bicyclic) bond motifs is 2. The van der Waals surface area contributed by atoms with Crippen LogP contribution < -0.4 is 15.3 Å². The number of allylic oxidation sites excluding steroid dienone is 2. The van der Waals surface area contributed by atoms with Gasteiger partial charge in [0.1, 0.15) is 0 Å². The van der Waals surface area contributed by atoms with Gasteiger partial charge in [-0.2, -0.15) is 5.10 Å². The number of likely N-dealkylation sites (N-methyl/N-ethyl adjacent to an activating group) is 1. The lowest BCUT2D eigenvalue weighted by Crippen LogP contribution is -2.29. The van der Waals surface area contributed by atoms with Crippen LogP contribution in [0.15, 0.2) is 88.8 Å². The summed E-state index contributed by atoms with van der Waals surface area (Å²) in [6.07, 6.45) is -0.611. The molecule has 0 fully saturated rings. The fourth-order valence-electron chi connectivity index (χ4n) is 5.89. The molecule has 4 aromatic rings. The third-order valence-corrected chi connectivity index (χ3v) is 12.1. The van der Waals surface area contributed by atoms with E-state index in [4.69, 9.17) is 21.9 Å². The highest BCUT2D eigenvalue weighted by molar-refractivity contribution is 8.21. The van der Waals surface area contributed by atoms with Crippen LogP contribution in [0.25, 0.3) is 5.69 Å². The summed E-state index contributed by atoms with van der Waals surface area (Å²) in [5.74, 6) is 0.815. The number of aryl methyl sites for hydroxylation is 2. The van der Waals surface area contributed by atoms with Gasteiger partial charge in [-0.1, -0.05) is 74.2 Å². The normalized spacial score (nSPS) is 21.4. The second-order valence-electron chi connectivity index (χ2n) is 10.7. The van der Waals surface area contributed by atoms with E-state index >= 15 is 0 Å². The van der Waals surface area contributed by atoms with Gasteiger partial charge in [0.05, 0.1) is 22.9 Å². The molecular weight excluding hydrogens is 505 g/mol. The summed E-state index contributed by atoms with van der Waals surface area (Å²) in [4.78, 5) is 7.38. The largest absolute Gasteiger partial charge is 0.350 e. The van der Waals surface area contributed by atoms with E-state index in [-0.39, 0.29) is 5.41 Å². The summed E-state index contributed by atoms with van der Waals surface area (Å²) in [6, 6.07) is 25.2. The molecule has 3 heterocycles. The molecule has 0 spiro atoms. The molecular formula is C31H32N5PS. The Balaban J connectivity index is 1.65. The maximum atomic E-state index is 6.84. The molecule has 1 aromatic heterocycles. The van der Waals surface area contributed by atoms with Crippen molar-refractivity contribution in [2.45, 2.75) is 40.0 Å². The topological polar surface area (TPSA) is 45.4 Å². The lowest BCUT2D eigenvalue weighted by atomic mass is 9.84. The zero-order chi connectivity index (χ0) is 26.8. The molecule has 5 nitrogen and oxygen atoms in total.